The van der Waals surface area contributed by atoms with Gasteiger partial charge in [0.15, 0.2) is 5.75 Å². The van der Waals surface area contributed by atoms with Gasteiger partial charge in [-0.3, -0.25) is 4.68 Å². The molecule has 1 heterocycles. The van der Waals surface area contributed by atoms with Crippen molar-refractivity contribution in [3.63, 3.8) is 0 Å². The van der Waals surface area contributed by atoms with Crippen molar-refractivity contribution >= 4 is 0 Å². The first-order valence-electron chi connectivity index (χ1n) is 6.19. The molecule has 0 amide bonds. The van der Waals surface area contributed by atoms with Crippen LogP contribution in [0.1, 0.15) is 39.0 Å². The Hall–Kier alpha value is -1.03. The number of ether oxygens (including phenoxy) is 1. The predicted molar refractivity (Wildman–Crippen MR) is 63.4 cm³/mol. The maximum absolute atomic E-state index is 5.89. The van der Waals surface area contributed by atoms with Crippen molar-refractivity contribution in [2.45, 2.75) is 57.7 Å². The second-order valence-electron chi connectivity index (χ2n) is 4.75. The molecular weight excluding hydrogens is 202 g/mol. The summed E-state index contributed by atoms with van der Waals surface area (Å²) in [6.45, 7) is 2.72. The van der Waals surface area contributed by atoms with Gasteiger partial charge in [0.05, 0.1) is 25.0 Å². The van der Waals surface area contributed by atoms with Crippen LogP contribution in [0.5, 0.6) is 5.75 Å². The summed E-state index contributed by atoms with van der Waals surface area (Å²) in [4.78, 5) is 0. The summed E-state index contributed by atoms with van der Waals surface area (Å²) in [6.07, 6.45) is 10.4. The summed E-state index contributed by atoms with van der Waals surface area (Å²) in [5.41, 5.74) is 5.72. The van der Waals surface area contributed by atoms with Gasteiger partial charge >= 0.3 is 0 Å². The first kappa shape index (κ1) is 11.5. The van der Waals surface area contributed by atoms with Gasteiger partial charge in [-0.05, 0) is 32.6 Å². The second kappa shape index (κ2) is 5.34. The fraction of sp³-hybridized carbons (Fsp3) is 0.750. The van der Waals surface area contributed by atoms with E-state index < -0.39 is 0 Å². The highest BCUT2D eigenvalue weighted by Crippen LogP contribution is 2.22. The van der Waals surface area contributed by atoms with Crippen LogP contribution in [-0.4, -0.2) is 21.9 Å². The summed E-state index contributed by atoms with van der Waals surface area (Å²) in [5, 5.41) is 4.23. The molecule has 16 heavy (non-hydrogen) atoms. The van der Waals surface area contributed by atoms with Crippen molar-refractivity contribution in [2.75, 3.05) is 0 Å². The standard InChI is InChI=1S/C12H21N3O/c1-10(13)8-15-9-12(7-14-15)16-11-5-3-2-4-6-11/h7,9-11H,2-6,8,13H2,1H3. The van der Waals surface area contributed by atoms with Gasteiger partial charge in [-0.1, -0.05) is 6.42 Å². The molecule has 0 aliphatic heterocycles. The van der Waals surface area contributed by atoms with Crippen LogP contribution in [0.15, 0.2) is 12.4 Å². The molecule has 1 saturated carbocycles. The minimum absolute atomic E-state index is 0.127. The first-order chi connectivity index (χ1) is 7.74. The summed E-state index contributed by atoms with van der Waals surface area (Å²) in [6, 6.07) is 0.127. The third-order valence-corrected chi connectivity index (χ3v) is 2.94. The third-order valence-electron chi connectivity index (χ3n) is 2.94. The fourth-order valence-corrected chi connectivity index (χ4v) is 2.18. The van der Waals surface area contributed by atoms with E-state index in [2.05, 4.69) is 5.10 Å². The molecule has 1 aromatic heterocycles. The summed E-state index contributed by atoms with van der Waals surface area (Å²) >= 11 is 0. The number of nitrogens with two attached hydrogens (primary N) is 1. The average molecular weight is 223 g/mol. The average Bonchev–Trinajstić information content (AvgIpc) is 2.66. The first-order valence-corrected chi connectivity index (χ1v) is 6.19. The molecule has 1 aliphatic rings. The molecule has 4 nitrogen and oxygen atoms in total. The Balaban J connectivity index is 1.86. The Morgan fingerprint density at radius 3 is 2.94 bits per heavy atom. The van der Waals surface area contributed by atoms with Gasteiger partial charge in [0.25, 0.3) is 0 Å². The van der Waals surface area contributed by atoms with Crippen molar-refractivity contribution in [3.05, 3.63) is 12.4 Å². The Morgan fingerprint density at radius 2 is 2.25 bits per heavy atom. The van der Waals surface area contributed by atoms with Crippen molar-refractivity contribution in [1.29, 1.82) is 0 Å². The van der Waals surface area contributed by atoms with Crippen molar-refractivity contribution in [2.24, 2.45) is 5.73 Å². The van der Waals surface area contributed by atoms with E-state index in [1.165, 1.54) is 32.1 Å². The third kappa shape index (κ3) is 3.23. The Labute approximate surface area is 96.8 Å². The lowest BCUT2D eigenvalue weighted by Crippen LogP contribution is -2.22. The molecule has 1 fully saturated rings. The van der Waals surface area contributed by atoms with Crippen molar-refractivity contribution < 1.29 is 4.74 Å². The quantitative estimate of drug-likeness (QED) is 0.848. The van der Waals surface area contributed by atoms with Gasteiger partial charge in [0.1, 0.15) is 0 Å². The molecule has 1 aliphatic carbocycles. The molecule has 0 aromatic carbocycles. The molecule has 1 unspecified atom stereocenters. The number of nitrogens with zero attached hydrogens (tertiary/aromatic N) is 2. The maximum atomic E-state index is 5.89. The highest BCUT2D eigenvalue weighted by molar-refractivity contribution is 5.12. The minimum atomic E-state index is 0.127. The molecule has 1 atom stereocenters. The van der Waals surface area contributed by atoms with E-state index >= 15 is 0 Å². The molecule has 0 saturated heterocycles. The van der Waals surface area contributed by atoms with Crippen LogP contribution in [0.25, 0.3) is 0 Å². The van der Waals surface area contributed by atoms with Crippen LogP contribution in [0.4, 0.5) is 0 Å². The Morgan fingerprint density at radius 1 is 1.50 bits per heavy atom. The highest BCUT2D eigenvalue weighted by atomic mass is 16.5. The monoisotopic (exact) mass is 223 g/mol. The van der Waals surface area contributed by atoms with Crippen molar-refractivity contribution in [1.82, 2.24) is 9.78 Å². The second-order valence-corrected chi connectivity index (χ2v) is 4.75. The molecule has 0 spiro atoms. The van der Waals surface area contributed by atoms with E-state index in [-0.39, 0.29) is 6.04 Å². The predicted octanol–water partition coefficient (Wildman–Crippen LogP) is 1.94. The fourth-order valence-electron chi connectivity index (χ4n) is 2.18. The Bertz CT molecular complexity index is 316. The zero-order valence-electron chi connectivity index (χ0n) is 9.93. The lowest BCUT2D eigenvalue weighted by molar-refractivity contribution is 0.155. The van der Waals surface area contributed by atoms with Gasteiger partial charge in [0, 0.05) is 6.04 Å². The van der Waals surface area contributed by atoms with E-state index in [0.29, 0.717) is 6.10 Å². The van der Waals surface area contributed by atoms with E-state index in [4.69, 9.17) is 10.5 Å². The normalized spacial score (nSPS) is 19.6. The van der Waals surface area contributed by atoms with Crippen LogP contribution in [-0.2, 0) is 6.54 Å². The topological polar surface area (TPSA) is 53.1 Å². The molecule has 1 aromatic rings. The molecule has 90 valence electrons. The molecule has 2 rings (SSSR count). The van der Waals surface area contributed by atoms with Gasteiger partial charge in [0.2, 0.25) is 0 Å². The Kier molecular flexibility index (Phi) is 3.83. The number of hydrogen-bond donors (Lipinski definition) is 1. The van der Waals surface area contributed by atoms with Gasteiger partial charge < -0.3 is 10.5 Å². The van der Waals surface area contributed by atoms with Crippen LogP contribution in [0.3, 0.4) is 0 Å². The van der Waals surface area contributed by atoms with E-state index in [0.717, 1.165) is 12.3 Å². The SMILES string of the molecule is CC(N)Cn1cc(OC2CCCCC2)cn1. The van der Waals surface area contributed by atoms with Crippen molar-refractivity contribution in [3.8, 4) is 5.75 Å². The lowest BCUT2D eigenvalue weighted by atomic mass is 9.98. The summed E-state index contributed by atoms with van der Waals surface area (Å²) < 4.78 is 7.74. The van der Waals surface area contributed by atoms with Gasteiger partial charge in [-0.15, -0.1) is 0 Å². The number of hydrogen-bond acceptors (Lipinski definition) is 3. The van der Waals surface area contributed by atoms with Crippen LogP contribution in [0, 0.1) is 0 Å². The zero-order chi connectivity index (χ0) is 11.4. The lowest BCUT2D eigenvalue weighted by Gasteiger charge is -2.21. The zero-order valence-corrected chi connectivity index (χ0v) is 9.93. The largest absolute Gasteiger partial charge is 0.487 e. The molecule has 0 radical (unpaired) electrons. The minimum Gasteiger partial charge on any atom is -0.487 e. The number of aromatic nitrogens is 2. The van der Waals surface area contributed by atoms with E-state index in [9.17, 15) is 0 Å². The maximum Gasteiger partial charge on any atom is 0.157 e. The van der Waals surface area contributed by atoms with Crippen LogP contribution >= 0.6 is 0 Å². The number of rotatable bonds is 4. The summed E-state index contributed by atoms with van der Waals surface area (Å²) in [7, 11) is 0. The van der Waals surface area contributed by atoms with Gasteiger partial charge in [-0.2, -0.15) is 5.10 Å². The van der Waals surface area contributed by atoms with E-state index in [1.807, 2.05) is 17.8 Å². The molecule has 0 bridgehead atoms. The van der Waals surface area contributed by atoms with Crippen LogP contribution < -0.4 is 10.5 Å². The summed E-state index contributed by atoms with van der Waals surface area (Å²) in [5.74, 6) is 0.882. The highest BCUT2D eigenvalue weighted by Gasteiger charge is 2.15. The van der Waals surface area contributed by atoms with Crippen LogP contribution in [0.2, 0.25) is 0 Å². The van der Waals surface area contributed by atoms with E-state index in [1.54, 1.807) is 6.20 Å². The smallest absolute Gasteiger partial charge is 0.157 e. The molecular formula is C12H21N3O. The molecule has 2 N–H and O–H groups in total. The van der Waals surface area contributed by atoms with Gasteiger partial charge in [-0.25, -0.2) is 0 Å². The molecule has 4 heteroatoms.